The smallest absolute Gasteiger partial charge is 0.410 e. The number of halogens is 2. The minimum absolute atomic E-state index is 0.0452. The van der Waals surface area contributed by atoms with Gasteiger partial charge in [-0.05, 0) is 44.7 Å². The minimum atomic E-state index is -0.735. The van der Waals surface area contributed by atoms with Crippen molar-refractivity contribution in [3.63, 3.8) is 0 Å². The highest BCUT2D eigenvalue weighted by atomic mass is 32.1. The number of nitrogens with one attached hydrogen (secondary N) is 1. The number of fused-ring (bicyclic) bond motifs is 1. The number of benzene rings is 1. The van der Waals surface area contributed by atoms with Crippen LogP contribution in [0.3, 0.4) is 0 Å². The molecule has 3 heterocycles. The molecule has 1 N–H and O–H groups in total. The topological polar surface area (TPSA) is 84.4 Å². The van der Waals surface area contributed by atoms with Gasteiger partial charge in [0.2, 0.25) is 11.0 Å². The summed E-state index contributed by atoms with van der Waals surface area (Å²) in [6.45, 7) is 4.34. The maximum absolute atomic E-state index is 13.9. The van der Waals surface area contributed by atoms with Crippen LogP contribution in [0.15, 0.2) is 18.2 Å². The van der Waals surface area contributed by atoms with E-state index in [-0.39, 0.29) is 46.1 Å². The molecular formula is C19H20F2N4O3S. The number of ether oxygens (including phenoxy) is 1. The predicted octanol–water partition coefficient (Wildman–Crippen LogP) is 3.82. The SMILES string of the molecule is CC1(C)OC(=O)N2CCC(CC(=O)Nc3nnc(-c4ccc(F)cc4F)s3)CC21. The lowest BCUT2D eigenvalue weighted by molar-refractivity contribution is -0.117. The number of cyclic esters (lactones) is 1. The summed E-state index contributed by atoms with van der Waals surface area (Å²) in [5, 5.41) is 11.0. The maximum atomic E-state index is 13.9. The average molecular weight is 422 g/mol. The van der Waals surface area contributed by atoms with Crippen LogP contribution >= 0.6 is 11.3 Å². The molecule has 7 nitrogen and oxygen atoms in total. The minimum Gasteiger partial charge on any atom is -0.441 e. The molecule has 0 aliphatic carbocycles. The van der Waals surface area contributed by atoms with Gasteiger partial charge in [-0.3, -0.25) is 4.79 Å². The summed E-state index contributed by atoms with van der Waals surface area (Å²) in [4.78, 5) is 26.1. The van der Waals surface area contributed by atoms with Gasteiger partial charge in [0.25, 0.3) is 0 Å². The Bertz CT molecular complexity index is 965. The second-order valence-corrected chi connectivity index (χ2v) is 8.84. The zero-order valence-electron chi connectivity index (χ0n) is 15.9. The Labute approximate surface area is 170 Å². The quantitative estimate of drug-likeness (QED) is 0.810. The lowest BCUT2D eigenvalue weighted by Crippen LogP contribution is -2.47. The van der Waals surface area contributed by atoms with Gasteiger partial charge in [-0.2, -0.15) is 0 Å². The van der Waals surface area contributed by atoms with Crippen LogP contribution in [0.25, 0.3) is 10.6 Å². The molecule has 1 aromatic carbocycles. The molecule has 10 heteroatoms. The highest BCUT2D eigenvalue weighted by molar-refractivity contribution is 7.18. The third-order valence-electron chi connectivity index (χ3n) is 5.41. The lowest BCUT2D eigenvalue weighted by Gasteiger charge is -2.36. The largest absolute Gasteiger partial charge is 0.441 e. The second-order valence-electron chi connectivity index (χ2n) is 7.86. The Morgan fingerprint density at radius 3 is 2.93 bits per heavy atom. The van der Waals surface area contributed by atoms with Crippen molar-refractivity contribution in [3.8, 4) is 10.6 Å². The van der Waals surface area contributed by atoms with Crippen LogP contribution in [0.2, 0.25) is 0 Å². The zero-order chi connectivity index (χ0) is 20.8. The fourth-order valence-corrected chi connectivity index (χ4v) is 4.72. The Kier molecular flexibility index (Phi) is 4.97. The van der Waals surface area contributed by atoms with E-state index in [2.05, 4.69) is 15.5 Å². The molecule has 2 aliphatic heterocycles. The highest BCUT2D eigenvalue weighted by Crippen LogP contribution is 2.39. The molecule has 0 radical (unpaired) electrons. The first kappa shape index (κ1) is 19.7. The average Bonchev–Trinajstić information content (AvgIpc) is 3.17. The van der Waals surface area contributed by atoms with Crippen molar-refractivity contribution < 1.29 is 23.1 Å². The molecule has 29 heavy (non-hydrogen) atoms. The van der Waals surface area contributed by atoms with Crippen LogP contribution in [0.4, 0.5) is 18.7 Å². The standard InChI is InChI=1S/C19H20F2N4O3S/c1-19(2)14-7-10(5-6-25(14)18(27)28-19)8-15(26)22-17-24-23-16(29-17)12-4-3-11(20)9-13(12)21/h3-4,9-10,14H,5-8H2,1-2H3,(H,22,24,26). The predicted molar refractivity (Wildman–Crippen MR) is 102 cm³/mol. The van der Waals surface area contributed by atoms with Gasteiger partial charge in [0, 0.05) is 24.6 Å². The lowest BCUT2D eigenvalue weighted by atomic mass is 9.82. The van der Waals surface area contributed by atoms with E-state index in [9.17, 15) is 18.4 Å². The van der Waals surface area contributed by atoms with Gasteiger partial charge in [-0.1, -0.05) is 11.3 Å². The number of piperidine rings is 1. The summed E-state index contributed by atoms with van der Waals surface area (Å²) in [5.41, 5.74) is -0.440. The maximum Gasteiger partial charge on any atom is 0.410 e. The van der Waals surface area contributed by atoms with Gasteiger partial charge in [-0.15, -0.1) is 10.2 Å². The molecule has 2 saturated heterocycles. The van der Waals surface area contributed by atoms with Crippen molar-refractivity contribution in [3.05, 3.63) is 29.8 Å². The van der Waals surface area contributed by atoms with E-state index in [1.54, 1.807) is 4.90 Å². The third-order valence-corrected chi connectivity index (χ3v) is 6.28. The van der Waals surface area contributed by atoms with E-state index in [0.717, 1.165) is 29.9 Å². The zero-order valence-corrected chi connectivity index (χ0v) is 16.8. The number of anilines is 1. The summed E-state index contributed by atoms with van der Waals surface area (Å²) in [6.07, 6.45) is 1.40. The Balaban J connectivity index is 1.37. The third kappa shape index (κ3) is 3.93. The van der Waals surface area contributed by atoms with Crippen LogP contribution in [-0.4, -0.2) is 45.3 Å². The number of hydrogen-bond acceptors (Lipinski definition) is 6. The molecule has 154 valence electrons. The molecule has 0 bridgehead atoms. The van der Waals surface area contributed by atoms with Gasteiger partial charge < -0.3 is 15.0 Å². The van der Waals surface area contributed by atoms with Crippen LogP contribution in [-0.2, 0) is 9.53 Å². The molecule has 2 aromatic rings. The molecule has 2 amide bonds. The van der Waals surface area contributed by atoms with E-state index < -0.39 is 17.2 Å². The summed E-state index contributed by atoms with van der Waals surface area (Å²) < 4.78 is 32.4. The molecule has 2 atom stereocenters. The number of aromatic nitrogens is 2. The van der Waals surface area contributed by atoms with Crippen molar-refractivity contribution in [2.24, 2.45) is 5.92 Å². The Hall–Kier alpha value is -2.62. The number of rotatable bonds is 4. The Morgan fingerprint density at radius 2 is 2.17 bits per heavy atom. The molecule has 2 unspecified atom stereocenters. The second kappa shape index (κ2) is 7.33. The number of carbonyl (C=O) groups excluding carboxylic acids is 2. The molecule has 2 aliphatic rings. The number of amides is 2. The number of nitrogens with zero attached hydrogens (tertiary/aromatic N) is 3. The fraction of sp³-hybridized carbons (Fsp3) is 0.474. The molecule has 0 spiro atoms. The summed E-state index contributed by atoms with van der Waals surface area (Å²) in [6, 6.07) is 3.16. The van der Waals surface area contributed by atoms with Crippen LogP contribution < -0.4 is 5.32 Å². The van der Waals surface area contributed by atoms with Gasteiger partial charge in [0.1, 0.15) is 17.2 Å². The van der Waals surface area contributed by atoms with E-state index in [0.29, 0.717) is 13.0 Å². The molecule has 2 fully saturated rings. The van der Waals surface area contributed by atoms with E-state index in [1.807, 2.05) is 13.8 Å². The normalized spacial score (nSPS) is 22.9. The molecule has 4 rings (SSSR count). The highest BCUT2D eigenvalue weighted by Gasteiger charge is 2.50. The van der Waals surface area contributed by atoms with Crippen molar-refractivity contribution in [2.75, 3.05) is 11.9 Å². The van der Waals surface area contributed by atoms with Gasteiger partial charge >= 0.3 is 6.09 Å². The summed E-state index contributed by atoms with van der Waals surface area (Å²) in [7, 11) is 0. The van der Waals surface area contributed by atoms with Gasteiger partial charge in [0.05, 0.1) is 6.04 Å². The summed E-state index contributed by atoms with van der Waals surface area (Å²) in [5.74, 6) is -1.50. The monoisotopic (exact) mass is 422 g/mol. The first-order valence-electron chi connectivity index (χ1n) is 9.31. The van der Waals surface area contributed by atoms with Gasteiger partial charge in [0.15, 0.2) is 5.01 Å². The molecular weight excluding hydrogens is 402 g/mol. The first-order chi connectivity index (χ1) is 13.7. The van der Waals surface area contributed by atoms with E-state index in [4.69, 9.17) is 4.74 Å². The number of hydrogen-bond donors (Lipinski definition) is 1. The molecule has 0 saturated carbocycles. The van der Waals surface area contributed by atoms with Crippen LogP contribution in [0.5, 0.6) is 0 Å². The molecule has 1 aromatic heterocycles. The van der Waals surface area contributed by atoms with Crippen LogP contribution in [0.1, 0.15) is 33.1 Å². The Morgan fingerprint density at radius 1 is 1.38 bits per heavy atom. The van der Waals surface area contributed by atoms with Gasteiger partial charge in [-0.25, -0.2) is 13.6 Å². The van der Waals surface area contributed by atoms with Crippen molar-refractivity contribution in [2.45, 2.75) is 44.8 Å². The summed E-state index contributed by atoms with van der Waals surface area (Å²) >= 11 is 1.02. The first-order valence-corrected chi connectivity index (χ1v) is 10.1. The van der Waals surface area contributed by atoms with E-state index in [1.165, 1.54) is 6.07 Å². The van der Waals surface area contributed by atoms with Crippen molar-refractivity contribution >= 4 is 28.5 Å². The van der Waals surface area contributed by atoms with Crippen LogP contribution in [0, 0.1) is 17.6 Å². The fourth-order valence-electron chi connectivity index (χ4n) is 3.93. The number of carbonyl (C=O) groups is 2. The van der Waals surface area contributed by atoms with E-state index >= 15 is 0 Å². The van der Waals surface area contributed by atoms with Crippen molar-refractivity contribution in [1.82, 2.24) is 15.1 Å². The van der Waals surface area contributed by atoms with Crippen molar-refractivity contribution in [1.29, 1.82) is 0 Å².